The van der Waals surface area contributed by atoms with Crippen LogP contribution in [0.4, 0.5) is 0 Å². The highest BCUT2D eigenvalue weighted by atomic mass is 16.1. The largest absolute Gasteiger partial charge is 0.356 e. The lowest BCUT2D eigenvalue weighted by Gasteiger charge is -2.20. The first kappa shape index (κ1) is 15.8. The third-order valence-corrected chi connectivity index (χ3v) is 4.54. The molecule has 1 aliphatic rings. The molecule has 1 aromatic carbocycles. The Morgan fingerprint density at radius 1 is 1.35 bits per heavy atom. The summed E-state index contributed by atoms with van der Waals surface area (Å²) < 4.78 is 0. The molecule has 0 saturated carbocycles. The van der Waals surface area contributed by atoms with Gasteiger partial charge in [0.2, 0.25) is 5.91 Å². The summed E-state index contributed by atoms with van der Waals surface area (Å²) in [4.78, 5) is 20.5. The van der Waals surface area contributed by atoms with Gasteiger partial charge in [0.25, 0.3) is 0 Å². The van der Waals surface area contributed by atoms with Gasteiger partial charge in [-0.05, 0) is 24.8 Å². The SMILES string of the molecule is CC(C)c1nc2c([nH]1)CC(C(=O)NCCc1ccccc1)CC2. The molecule has 122 valence electrons. The van der Waals surface area contributed by atoms with Gasteiger partial charge in [-0.25, -0.2) is 4.98 Å². The van der Waals surface area contributed by atoms with Crippen molar-refractivity contribution in [3.63, 3.8) is 0 Å². The zero-order chi connectivity index (χ0) is 16.2. The molecule has 0 radical (unpaired) electrons. The van der Waals surface area contributed by atoms with Crippen molar-refractivity contribution in [3.05, 3.63) is 53.1 Å². The van der Waals surface area contributed by atoms with Gasteiger partial charge in [-0.3, -0.25) is 4.79 Å². The number of hydrogen-bond acceptors (Lipinski definition) is 2. The lowest BCUT2D eigenvalue weighted by molar-refractivity contribution is -0.125. The Balaban J connectivity index is 1.52. The van der Waals surface area contributed by atoms with Gasteiger partial charge in [-0.1, -0.05) is 44.2 Å². The lowest BCUT2D eigenvalue weighted by atomic mass is 9.89. The van der Waals surface area contributed by atoms with Crippen molar-refractivity contribution < 1.29 is 4.79 Å². The zero-order valence-corrected chi connectivity index (χ0v) is 13.9. The average Bonchev–Trinajstić information content (AvgIpc) is 2.99. The van der Waals surface area contributed by atoms with Gasteiger partial charge in [0.05, 0.1) is 5.69 Å². The molecular weight excluding hydrogens is 286 g/mol. The Hall–Kier alpha value is -2.10. The number of imidazole rings is 1. The van der Waals surface area contributed by atoms with E-state index in [0.717, 1.165) is 42.9 Å². The van der Waals surface area contributed by atoms with Crippen LogP contribution in [-0.4, -0.2) is 22.4 Å². The van der Waals surface area contributed by atoms with Crippen molar-refractivity contribution in [1.29, 1.82) is 0 Å². The van der Waals surface area contributed by atoms with Crippen LogP contribution >= 0.6 is 0 Å². The number of hydrogen-bond donors (Lipinski definition) is 2. The second-order valence-electron chi connectivity index (χ2n) is 6.67. The molecule has 0 aliphatic heterocycles. The second-order valence-corrected chi connectivity index (χ2v) is 6.67. The molecule has 1 aliphatic carbocycles. The number of aromatic amines is 1. The van der Waals surface area contributed by atoms with Gasteiger partial charge >= 0.3 is 0 Å². The molecule has 1 amide bonds. The summed E-state index contributed by atoms with van der Waals surface area (Å²) in [5.74, 6) is 1.69. The zero-order valence-electron chi connectivity index (χ0n) is 13.9. The molecule has 2 N–H and O–H groups in total. The van der Waals surface area contributed by atoms with Crippen LogP contribution in [0.3, 0.4) is 0 Å². The quantitative estimate of drug-likeness (QED) is 0.892. The Morgan fingerprint density at radius 3 is 2.87 bits per heavy atom. The molecule has 1 aromatic heterocycles. The van der Waals surface area contributed by atoms with E-state index in [-0.39, 0.29) is 11.8 Å². The minimum absolute atomic E-state index is 0.0683. The number of carbonyl (C=O) groups is 1. The monoisotopic (exact) mass is 311 g/mol. The van der Waals surface area contributed by atoms with E-state index in [4.69, 9.17) is 0 Å². The standard InChI is InChI=1S/C19H25N3O/c1-13(2)18-21-16-9-8-15(12-17(16)22-18)19(23)20-11-10-14-6-4-3-5-7-14/h3-7,13,15H,8-12H2,1-2H3,(H,20,23)(H,21,22). The summed E-state index contributed by atoms with van der Waals surface area (Å²) in [6, 6.07) is 10.3. The smallest absolute Gasteiger partial charge is 0.223 e. The maximum atomic E-state index is 12.4. The summed E-state index contributed by atoms with van der Waals surface area (Å²) in [6.45, 7) is 4.97. The first-order valence-electron chi connectivity index (χ1n) is 8.52. The third-order valence-electron chi connectivity index (χ3n) is 4.54. The molecule has 4 nitrogen and oxygen atoms in total. The summed E-state index contributed by atoms with van der Waals surface area (Å²) in [6.07, 6.45) is 3.46. The van der Waals surface area contributed by atoms with E-state index < -0.39 is 0 Å². The minimum atomic E-state index is 0.0683. The Morgan fingerprint density at radius 2 is 2.13 bits per heavy atom. The molecule has 3 rings (SSSR count). The number of H-pyrrole nitrogens is 1. The van der Waals surface area contributed by atoms with E-state index in [1.165, 1.54) is 5.56 Å². The van der Waals surface area contributed by atoms with Gasteiger partial charge in [-0.2, -0.15) is 0 Å². The number of amides is 1. The number of nitrogens with one attached hydrogen (secondary N) is 2. The number of rotatable bonds is 5. The number of aromatic nitrogens is 2. The van der Waals surface area contributed by atoms with Gasteiger partial charge in [0, 0.05) is 30.5 Å². The number of nitrogens with zero attached hydrogens (tertiary/aromatic N) is 1. The maximum Gasteiger partial charge on any atom is 0.223 e. The minimum Gasteiger partial charge on any atom is -0.356 e. The van der Waals surface area contributed by atoms with Crippen molar-refractivity contribution in [2.75, 3.05) is 6.54 Å². The Labute approximate surface area is 137 Å². The highest BCUT2D eigenvalue weighted by Gasteiger charge is 2.27. The van der Waals surface area contributed by atoms with Crippen LogP contribution in [-0.2, 0) is 24.1 Å². The molecule has 1 unspecified atom stereocenters. The van der Waals surface area contributed by atoms with Crippen LogP contribution in [0, 0.1) is 5.92 Å². The van der Waals surface area contributed by atoms with E-state index >= 15 is 0 Å². The lowest BCUT2D eigenvalue weighted by Crippen LogP contribution is -2.35. The second kappa shape index (κ2) is 6.99. The summed E-state index contributed by atoms with van der Waals surface area (Å²) in [5.41, 5.74) is 3.57. The highest BCUT2D eigenvalue weighted by molar-refractivity contribution is 5.79. The van der Waals surface area contributed by atoms with Crippen LogP contribution in [0.1, 0.15) is 49.0 Å². The van der Waals surface area contributed by atoms with Gasteiger partial charge in [0.1, 0.15) is 5.82 Å². The van der Waals surface area contributed by atoms with Crippen molar-refractivity contribution in [2.24, 2.45) is 5.92 Å². The number of carbonyl (C=O) groups excluding carboxylic acids is 1. The van der Waals surface area contributed by atoms with Gasteiger partial charge in [0.15, 0.2) is 0 Å². The average molecular weight is 311 g/mol. The molecule has 0 saturated heterocycles. The first-order chi connectivity index (χ1) is 11.1. The molecule has 0 spiro atoms. The molecule has 23 heavy (non-hydrogen) atoms. The van der Waals surface area contributed by atoms with Crippen LogP contribution in [0.5, 0.6) is 0 Å². The van der Waals surface area contributed by atoms with Gasteiger partial charge < -0.3 is 10.3 Å². The predicted molar refractivity (Wildman–Crippen MR) is 91.3 cm³/mol. The molecule has 1 heterocycles. The van der Waals surface area contributed by atoms with E-state index in [1.807, 2.05) is 18.2 Å². The molecule has 4 heteroatoms. The van der Waals surface area contributed by atoms with E-state index in [1.54, 1.807) is 0 Å². The number of fused-ring (bicyclic) bond motifs is 1. The molecule has 1 atom stereocenters. The Kier molecular flexibility index (Phi) is 4.79. The fourth-order valence-electron chi connectivity index (χ4n) is 3.12. The van der Waals surface area contributed by atoms with Crippen molar-refractivity contribution in [3.8, 4) is 0 Å². The predicted octanol–water partition coefficient (Wildman–Crippen LogP) is 3.00. The van der Waals surface area contributed by atoms with Crippen molar-refractivity contribution >= 4 is 5.91 Å². The van der Waals surface area contributed by atoms with E-state index in [9.17, 15) is 4.79 Å². The highest BCUT2D eigenvalue weighted by Crippen LogP contribution is 2.25. The molecule has 0 bridgehead atoms. The van der Waals surface area contributed by atoms with Crippen LogP contribution in [0.2, 0.25) is 0 Å². The molecule has 2 aromatic rings. The number of benzene rings is 1. The molecule has 0 fully saturated rings. The Bertz CT molecular complexity index is 661. The fraction of sp³-hybridized carbons (Fsp3) is 0.474. The third kappa shape index (κ3) is 3.81. The fourth-order valence-corrected chi connectivity index (χ4v) is 3.12. The van der Waals surface area contributed by atoms with E-state index in [2.05, 4.69) is 41.3 Å². The van der Waals surface area contributed by atoms with Crippen LogP contribution in [0.25, 0.3) is 0 Å². The van der Waals surface area contributed by atoms with Crippen LogP contribution in [0.15, 0.2) is 30.3 Å². The summed E-state index contributed by atoms with van der Waals surface area (Å²) in [7, 11) is 0. The summed E-state index contributed by atoms with van der Waals surface area (Å²) in [5, 5.41) is 3.09. The molecular formula is C19H25N3O. The van der Waals surface area contributed by atoms with Gasteiger partial charge in [-0.15, -0.1) is 0 Å². The summed E-state index contributed by atoms with van der Waals surface area (Å²) >= 11 is 0. The van der Waals surface area contributed by atoms with E-state index in [0.29, 0.717) is 12.5 Å². The normalized spacial score (nSPS) is 17.1. The topological polar surface area (TPSA) is 57.8 Å². The van der Waals surface area contributed by atoms with Crippen LogP contribution < -0.4 is 5.32 Å². The van der Waals surface area contributed by atoms with Crippen molar-refractivity contribution in [1.82, 2.24) is 15.3 Å². The maximum absolute atomic E-state index is 12.4. The first-order valence-corrected chi connectivity index (χ1v) is 8.52. The number of aryl methyl sites for hydroxylation is 1. The van der Waals surface area contributed by atoms with Crippen molar-refractivity contribution in [2.45, 2.75) is 45.4 Å².